The number of methoxy groups -OCH3 is 1. The van der Waals surface area contributed by atoms with Gasteiger partial charge in [0.2, 0.25) is 11.9 Å². The third-order valence-electron chi connectivity index (χ3n) is 5.46. The van der Waals surface area contributed by atoms with Crippen molar-refractivity contribution in [2.45, 2.75) is 6.04 Å². The molecule has 4 aromatic heterocycles. The average molecular weight is 472 g/mol. The van der Waals surface area contributed by atoms with Gasteiger partial charge in [-0.1, -0.05) is 11.8 Å². The van der Waals surface area contributed by atoms with E-state index in [1.54, 1.807) is 42.9 Å². The van der Waals surface area contributed by atoms with E-state index >= 15 is 0 Å². The third-order valence-corrected chi connectivity index (χ3v) is 5.46. The zero-order valence-electron chi connectivity index (χ0n) is 18.9. The van der Waals surface area contributed by atoms with Gasteiger partial charge in [-0.3, -0.25) is 4.57 Å². The Morgan fingerprint density at radius 3 is 2.43 bits per heavy atom. The molecule has 0 aliphatic carbocycles. The minimum atomic E-state index is -0.559. The standard InChI is InChI=1S/C23H21FN10O/c1-35-13-19-12-32(6-7-34(19)22-8-20(24)28-14-29-22)23-26-10-18(11-27-23)3-2-17-4-5-21(25-9-17)33-15-30-31-16-33/h4-5,8-11,14-16,19H,6-7,12-13H2,1H3/t19-/m1/s1. The molecule has 0 radical (unpaired) electrons. The zero-order valence-corrected chi connectivity index (χ0v) is 18.9. The molecule has 11 nitrogen and oxygen atoms in total. The van der Waals surface area contributed by atoms with Crippen LogP contribution in [0.3, 0.4) is 0 Å². The van der Waals surface area contributed by atoms with Crippen molar-refractivity contribution in [3.63, 3.8) is 0 Å². The molecule has 176 valence electrons. The molecule has 0 saturated carbocycles. The molecule has 1 aliphatic heterocycles. The Hall–Kier alpha value is -4.50. The number of hydrogen-bond acceptors (Lipinski definition) is 10. The fourth-order valence-corrected chi connectivity index (χ4v) is 3.78. The lowest BCUT2D eigenvalue weighted by Crippen LogP contribution is -2.56. The van der Waals surface area contributed by atoms with E-state index in [1.807, 2.05) is 17.0 Å². The van der Waals surface area contributed by atoms with Gasteiger partial charge < -0.3 is 14.5 Å². The smallest absolute Gasteiger partial charge is 0.225 e. The molecule has 1 aliphatic rings. The molecule has 0 amide bonds. The SMILES string of the molecule is COC[C@H]1CN(c2ncc(C#Cc3ccc(-n4cnnc4)nc3)cn2)CCN1c1cc(F)ncn1. The van der Waals surface area contributed by atoms with Gasteiger partial charge in [-0.05, 0) is 12.1 Å². The van der Waals surface area contributed by atoms with E-state index in [9.17, 15) is 4.39 Å². The number of halogens is 1. The van der Waals surface area contributed by atoms with Crippen LogP contribution >= 0.6 is 0 Å². The summed E-state index contributed by atoms with van der Waals surface area (Å²) in [6.07, 6.45) is 9.49. The van der Waals surface area contributed by atoms with E-state index in [0.29, 0.717) is 49.4 Å². The summed E-state index contributed by atoms with van der Waals surface area (Å²) in [4.78, 5) is 25.2. The molecule has 0 unspecified atom stereocenters. The van der Waals surface area contributed by atoms with Gasteiger partial charge in [0.15, 0.2) is 0 Å². The van der Waals surface area contributed by atoms with E-state index in [-0.39, 0.29) is 6.04 Å². The second-order valence-electron chi connectivity index (χ2n) is 7.74. The fourth-order valence-electron chi connectivity index (χ4n) is 3.78. The molecule has 12 heteroatoms. The fraction of sp³-hybridized carbons (Fsp3) is 0.261. The topological polar surface area (TPSA) is 111 Å². The Labute approximate surface area is 200 Å². The van der Waals surface area contributed by atoms with Crippen LogP contribution in [0.15, 0.2) is 55.8 Å². The molecule has 0 spiro atoms. The predicted octanol–water partition coefficient (Wildman–Crippen LogP) is 1.12. The highest BCUT2D eigenvalue weighted by Gasteiger charge is 2.29. The largest absolute Gasteiger partial charge is 0.382 e. The van der Waals surface area contributed by atoms with E-state index < -0.39 is 5.95 Å². The summed E-state index contributed by atoms with van der Waals surface area (Å²) in [6, 6.07) is 5.02. The van der Waals surface area contributed by atoms with Crippen molar-refractivity contribution in [3.8, 4) is 17.7 Å². The summed E-state index contributed by atoms with van der Waals surface area (Å²) < 4.78 is 20.7. The van der Waals surface area contributed by atoms with Crippen molar-refractivity contribution in [2.75, 3.05) is 43.2 Å². The Kier molecular flexibility index (Phi) is 6.49. The predicted molar refractivity (Wildman–Crippen MR) is 124 cm³/mol. The zero-order chi connectivity index (χ0) is 24.0. The maximum Gasteiger partial charge on any atom is 0.225 e. The Balaban J connectivity index is 1.25. The highest BCUT2D eigenvalue weighted by molar-refractivity contribution is 5.45. The molecule has 0 N–H and O–H groups in total. The number of anilines is 2. The number of piperazine rings is 1. The number of hydrogen-bond donors (Lipinski definition) is 0. The summed E-state index contributed by atoms with van der Waals surface area (Å²) in [5.74, 6) is 7.43. The summed E-state index contributed by atoms with van der Waals surface area (Å²) in [6.45, 7) is 2.33. The monoisotopic (exact) mass is 472 g/mol. The molecule has 5 rings (SSSR count). The lowest BCUT2D eigenvalue weighted by atomic mass is 10.1. The molecule has 1 saturated heterocycles. The van der Waals surface area contributed by atoms with Gasteiger partial charge in [-0.25, -0.2) is 24.9 Å². The van der Waals surface area contributed by atoms with Crippen LogP contribution in [0, 0.1) is 17.8 Å². The van der Waals surface area contributed by atoms with Crippen molar-refractivity contribution >= 4 is 11.8 Å². The van der Waals surface area contributed by atoms with Crippen LogP contribution in [0.25, 0.3) is 5.82 Å². The highest BCUT2D eigenvalue weighted by Crippen LogP contribution is 2.21. The van der Waals surface area contributed by atoms with E-state index in [1.165, 1.54) is 12.4 Å². The summed E-state index contributed by atoms with van der Waals surface area (Å²) in [7, 11) is 1.64. The average Bonchev–Trinajstić information content (AvgIpc) is 3.43. The molecule has 35 heavy (non-hydrogen) atoms. The molecule has 5 heterocycles. The highest BCUT2D eigenvalue weighted by atomic mass is 19.1. The maximum atomic E-state index is 13.6. The number of aromatic nitrogens is 8. The van der Waals surface area contributed by atoms with Crippen LogP contribution in [0.4, 0.5) is 16.2 Å². The second kappa shape index (κ2) is 10.2. The van der Waals surface area contributed by atoms with Crippen LogP contribution in [0.5, 0.6) is 0 Å². The van der Waals surface area contributed by atoms with Gasteiger partial charge in [0.05, 0.1) is 18.2 Å². The number of nitrogens with zero attached hydrogens (tertiary/aromatic N) is 10. The number of pyridine rings is 1. The Bertz CT molecular complexity index is 1320. The van der Waals surface area contributed by atoms with Gasteiger partial charge >= 0.3 is 0 Å². The minimum absolute atomic E-state index is 0.0420. The van der Waals surface area contributed by atoms with Crippen LogP contribution in [0.2, 0.25) is 0 Å². The normalized spacial score (nSPS) is 15.5. The van der Waals surface area contributed by atoms with Crippen molar-refractivity contribution < 1.29 is 9.13 Å². The van der Waals surface area contributed by atoms with Gasteiger partial charge in [0, 0.05) is 57.0 Å². The quantitative estimate of drug-likeness (QED) is 0.309. The molecule has 4 aromatic rings. The summed E-state index contributed by atoms with van der Waals surface area (Å²) in [5.41, 5.74) is 1.46. The van der Waals surface area contributed by atoms with Gasteiger partial charge in [-0.15, -0.1) is 10.2 Å². The van der Waals surface area contributed by atoms with Gasteiger partial charge in [-0.2, -0.15) is 4.39 Å². The molecule has 0 bridgehead atoms. The molecular formula is C23H21FN10O. The Morgan fingerprint density at radius 1 is 0.943 bits per heavy atom. The van der Waals surface area contributed by atoms with Crippen LogP contribution in [-0.4, -0.2) is 79.1 Å². The van der Waals surface area contributed by atoms with Crippen LogP contribution in [-0.2, 0) is 4.74 Å². The summed E-state index contributed by atoms with van der Waals surface area (Å²) in [5, 5.41) is 7.54. The van der Waals surface area contributed by atoms with Crippen molar-refractivity contribution in [3.05, 3.63) is 72.8 Å². The first-order valence-corrected chi connectivity index (χ1v) is 10.8. The molecule has 1 fully saturated rings. The Morgan fingerprint density at radius 2 is 1.71 bits per heavy atom. The molecule has 0 aromatic carbocycles. The lowest BCUT2D eigenvalue weighted by molar-refractivity contribution is 0.173. The number of ether oxygens (including phenoxy) is 1. The van der Waals surface area contributed by atoms with Crippen LogP contribution < -0.4 is 9.80 Å². The first-order valence-electron chi connectivity index (χ1n) is 10.8. The van der Waals surface area contributed by atoms with Crippen molar-refractivity contribution in [1.82, 2.24) is 39.7 Å². The second-order valence-corrected chi connectivity index (χ2v) is 7.74. The minimum Gasteiger partial charge on any atom is -0.382 e. The number of rotatable bonds is 5. The van der Waals surface area contributed by atoms with Gasteiger partial charge in [0.25, 0.3) is 0 Å². The third kappa shape index (κ3) is 5.20. The van der Waals surface area contributed by atoms with Crippen LogP contribution in [0.1, 0.15) is 11.1 Å². The first-order chi connectivity index (χ1) is 17.2. The molecule has 1 atom stereocenters. The summed E-state index contributed by atoms with van der Waals surface area (Å²) >= 11 is 0. The van der Waals surface area contributed by atoms with Crippen molar-refractivity contribution in [2.24, 2.45) is 0 Å². The maximum absolute atomic E-state index is 13.6. The first kappa shape index (κ1) is 22.3. The molecular weight excluding hydrogens is 451 g/mol. The van der Waals surface area contributed by atoms with E-state index in [0.717, 1.165) is 5.56 Å². The lowest BCUT2D eigenvalue weighted by Gasteiger charge is -2.41. The van der Waals surface area contributed by atoms with E-state index in [4.69, 9.17) is 4.74 Å². The van der Waals surface area contributed by atoms with Gasteiger partial charge in [0.1, 0.15) is 30.6 Å². The van der Waals surface area contributed by atoms with Crippen molar-refractivity contribution in [1.29, 1.82) is 0 Å². The van der Waals surface area contributed by atoms with E-state index in [2.05, 4.69) is 51.9 Å².